The van der Waals surface area contributed by atoms with E-state index in [1.807, 2.05) is 24.3 Å². The Bertz CT molecular complexity index is 717. The molecule has 0 radical (unpaired) electrons. The molecule has 0 N–H and O–H groups in total. The van der Waals surface area contributed by atoms with Crippen LogP contribution in [0, 0.1) is 0 Å². The Morgan fingerprint density at radius 2 is 2.20 bits per heavy atom. The summed E-state index contributed by atoms with van der Waals surface area (Å²) in [5, 5.41) is 8.14. The summed E-state index contributed by atoms with van der Waals surface area (Å²) in [5.74, 6) is 0.721. The second-order valence-electron chi connectivity index (χ2n) is 4.44. The van der Waals surface area contributed by atoms with Gasteiger partial charge < -0.3 is 8.98 Å². The van der Waals surface area contributed by atoms with Crippen molar-refractivity contribution in [2.75, 3.05) is 6.26 Å². The Balaban J connectivity index is 1.65. The first-order chi connectivity index (χ1) is 9.74. The maximum absolute atomic E-state index is 11.4. The Morgan fingerprint density at radius 1 is 1.35 bits per heavy atom. The standard InChI is InChI=1S/C13H14N4O2S/c1-20(18)13-16-14-9-17(13)8-4-7-12-15-10-5-2-3-6-11(10)19-12/h2-3,5-6,9H,4,7-8H2,1H3/t20-/m1/s1. The molecule has 20 heavy (non-hydrogen) atoms. The monoisotopic (exact) mass is 290 g/mol. The topological polar surface area (TPSA) is 73.8 Å². The number of hydrogen-bond acceptors (Lipinski definition) is 5. The molecule has 0 saturated heterocycles. The number of aromatic nitrogens is 4. The van der Waals surface area contributed by atoms with E-state index in [9.17, 15) is 4.21 Å². The highest BCUT2D eigenvalue weighted by atomic mass is 32.2. The molecule has 2 heterocycles. The molecule has 0 aliphatic rings. The average Bonchev–Trinajstić information content (AvgIpc) is 3.04. The summed E-state index contributed by atoms with van der Waals surface area (Å²) in [5.41, 5.74) is 1.68. The summed E-state index contributed by atoms with van der Waals surface area (Å²) in [7, 11) is -1.12. The summed E-state index contributed by atoms with van der Waals surface area (Å²) in [6.45, 7) is 0.695. The molecular formula is C13H14N4O2S. The van der Waals surface area contributed by atoms with Crippen LogP contribution in [0.2, 0.25) is 0 Å². The summed E-state index contributed by atoms with van der Waals surface area (Å²) < 4.78 is 18.9. The van der Waals surface area contributed by atoms with Gasteiger partial charge in [-0.25, -0.2) is 4.98 Å². The molecule has 1 atom stereocenters. The van der Waals surface area contributed by atoms with Gasteiger partial charge in [-0.1, -0.05) is 12.1 Å². The van der Waals surface area contributed by atoms with Crippen molar-refractivity contribution in [1.29, 1.82) is 0 Å². The van der Waals surface area contributed by atoms with Crippen LogP contribution in [0.25, 0.3) is 11.1 Å². The van der Waals surface area contributed by atoms with E-state index < -0.39 is 10.8 Å². The number of rotatable bonds is 5. The number of para-hydroxylation sites is 2. The van der Waals surface area contributed by atoms with Crippen molar-refractivity contribution in [2.24, 2.45) is 0 Å². The highest BCUT2D eigenvalue weighted by Gasteiger charge is 2.09. The molecule has 0 fully saturated rings. The van der Waals surface area contributed by atoms with Crippen LogP contribution in [0.1, 0.15) is 12.3 Å². The van der Waals surface area contributed by atoms with Crippen molar-refractivity contribution in [3.8, 4) is 0 Å². The van der Waals surface area contributed by atoms with E-state index in [4.69, 9.17) is 4.42 Å². The quantitative estimate of drug-likeness (QED) is 0.716. The number of fused-ring (bicyclic) bond motifs is 1. The molecule has 0 spiro atoms. The SMILES string of the molecule is C[S@@](=O)c1nncn1CCCc1nc2ccccc2o1. The zero-order valence-electron chi connectivity index (χ0n) is 11.0. The molecule has 0 aliphatic carbocycles. The largest absolute Gasteiger partial charge is 0.441 e. The van der Waals surface area contributed by atoms with Crippen LogP contribution in [0.15, 0.2) is 40.2 Å². The zero-order chi connectivity index (χ0) is 13.9. The number of nitrogens with zero attached hydrogens (tertiary/aromatic N) is 4. The molecule has 104 valence electrons. The third-order valence-corrected chi connectivity index (χ3v) is 3.80. The molecule has 3 rings (SSSR count). The molecule has 7 heteroatoms. The Hall–Kier alpha value is -2.02. The van der Waals surface area contributed by atoms with Gasteiger partial charge in [0, 0.05) is 19.2 Å². The van der Waals surface area contributed by atoms with E-state index in [-0.39, 0.29) is 0 Å². The molecule has 0 aliphatic heterocycles. The fourth-order valence-electron chi connectivity index (χ4n) is 2.05. The first-order valence-electron chi connectivity index (χ1n) is 6.30. The van der Waals surface area contributed by atoms with Gasteiger partial charge in [-0.05, 0) is 18.6 Å². The molecule has 0 unspecified atom stereocenters. The van der Waals surface area contributed by atoms with E-state index in [1.165, 1.54) is 0 Å². The van der Waals surface area contributed by atoms with Gasteiger partial charge in [0.25, 0.3) is 0 Å². The minimum Gasteiger partial charge on any atom is -0.441 e. The second kappa shape index (κ2) is 5.54. The average molecular weight is 290 g/mol. The van der Waals surface area contributed by atoms with Crippen molar-refractivity contribution in [1.82, 2.24) is 19.7 Å². The summed E-state index contributed by atoms with van der Waals surface area (Å²) >= 11 is 0. The summed E-state index contributed by atoms with van der Waals surface area (Å²) in [6, 6.07) is 7.70. The first kappa shape index (κ1) is 13.0. The van der Waals surface area contributed by atoms with Crippen molar-refractivity contribution in [3.63, 3.8) is 0 Å². The van der Waals surface area contributed by atoms with Gasteiger partial charge in [0.1, 0.15) is 11.8 Å². The molecule has 6 nitrogen and oxygen atoms in total. The first-order valence-corrected chi connectivity index (χ1v) is 7.85. The van der Waals surface area contributed by atoms with Gasteiger partial charge in [-0.2, -0.15) is 0 Å². The lowest BCUT2D eigenvalue weighted by molar-refractivity contribution is 0.495. The van der Waals surface area contributed by atoms with Crippen LogP contribution in [-0.4, -0.2) is 30.2 Å². The van der Waals surface area contributed by atoms with Crippen molar-refractivity contribution in [2.45, 2.75) is 24.5 Å². The second-order valence-corrected chi connectivity index (χ2v) is 5.71. The van der Waals surface area contributed by atoms with Crippen LogP contribution >= 0.6 is 0 Å². The van der Waals surface area contributed by atoms with Crippen LogP contribution in [0.4, 0.5) is 0 Å². The van der Waals surface area contributed by atoms with Crippen LogP contribution < -0.4 is 0 Å². The van der Waals surface area contributed by atoms with E-state index in [0.717, 1.165) is 29.8 Å². The molecular weight excluding hydrogens is 276 g/mol. The van der Waals surface area contributed by atoms with E-state index in [1.54, 1.807) is 17.2 Å². The van der Waals surface area contributed by atoms with Crippen molar-refractivity contribution in [3.05, 3.63) is 36.5 Å². The zero-order valence-corrected chi connectivity index (χ0v) is 11.8. The summed E-state index contributed by atoms with van der Waals surface area (Å²) in [6.07, 6.45) is 4.75. The fraction of sp³-hybridized carbons (Fsp3) is 0.308. The van der Waals surface area contributed by atoms with E-state index >= 15 is 0 Å². The van der Waals surface area contributed by atoms with Gasteiger partial charge >= 0.3 is 0 Å². The number of hydrogen-bond donors (Lipinski definition) is 0. The molecule has 0 bridgehead atoms. The normalized spacial score (nSPS) is 12.8. The van der Waals surface area contributed by atoms with Gasteiger partial charge in [0.05, 0.1) is 10.8 Å². The van der Waals surface area contributed by atoms with Gasteiger partial charge in [-0.15, -0.1) is 10.2 Å². The maximum atomic E-state index is 11.4. The summed E-state index contributed by atoms with van der Waals surface area (Å²) in [4.78, 5) is 4.42. The third-order valence-electron chi connectivity index (χ3n) is 2.96. The van der Waals surface area contributed by atoms with Crippen molar-refractivity contribution >= 4 is 21.9 Å². The van der Waals surface area contributed by atoms with Gasteiger partial charge in [-0.3, -0.25) is 4.21 Å². The third kappa shape index (κ3) is 2.62. The number of benzene rings is 1. The molecule has 0 saturated carbocycles. The lowest BCUT2D eigenvalue weighted by Gasteiger charge is -2.02. The maximum Gasteiger partial charge on any atom is 0.221 e. The van der Waals surface area contributed by atoms with Crippen molar-refractivity contribution < 1.29 is 8.63 Å². The Labute approximate surface area is 118 Å². The Kier molecular flexibility index (Phi) is 3.60. The highest BCUT2D eigenvalue weighted by Crippen LogP contribution is 2.16. The molecule has 3 aromatic rings. The minimum atomic E-state index is -1.12. The van der Waals surface area contributed by atoms with Gasteiger partial charge in [0.15, 0.2) is 11.5 Å². The Morgan fingerprint density at radius 3 is 3.00 bits per heavy atom. The van der Waals surface area contributed by atoms with Gasteiger partial charge in [0.2, 0.25) is 5.16 Å². The predicted molar refractivity (Wildman–Crippen MR) is 74.7 cm³/mol. The van der Waals surface area contributed by atoms with E-state index in [0.29, 0.717) is 11.7 Å². The number of oxazole rings is 1. The van der Waals surface area contributed by atoms with Crippen LogP contribution in [0.3, 0.4) is 0 Å². The van der Waals surface area contributed by atoms with Crippen LogP contribution in [0.5, 0.6) is 0 Å². The lowest BCUT2D eigenvalue weighted by Crippen LogP contribution is -2.05. The number of aryl methyl sites for hydroxylation is 2. The molecule has 0 amide bonds. The fourth-order valence-corrected chi connectivity index (χ4v) is 2.68. The predicted octanol–water partition coefficient (Wildman–Crippen LogP) is 1.79. The van der Waals surface area contributed by atoms with E-state index in [2.05, 4.69) is 15.2 Å². The molecule has 2 aromatic heterocycles. The van der Waals surface area contributed by atoms with Crippen LogP contribution in [-0.2, 0) is 23.8 Å². The lowest BCUT2D eigenvalue weighted by atomic mass is 10.3. The molecule has 1 aromatic carbocycles. The highest BCUT2D eigenvalue weighted by molar-refractivity contribution is 7.84. The smallest absolute Gasteiger partial charge is 0.221 e. The minimum absolute atomic E-state index is 0.502.